The molecule has 2 aliphatic heterocycles. The zero-order valence-corrected chi connectivity index (χ0v) is 22.4. The summed E-state index contributed by atoms with van der Waals surface area (Å²) in [6.45, 7) is 11.4. The fourth-order valence-electron chi connectivity index (χ4n) is 7.47. The number of fused-ring (bicyclic) bond motifs is 6. The van der Waals surface area contributed by atoms with Gasteiger partial charge < -0.3 is 19.7 Å². The molecule has 0 spiro atoms. The van der Waals surface area contributed by atoms with E-state index in [0.717, 1.165) is 43.4 Å². The second kappa shape index (κ2) is 7.55. The first-order chi connectivity index (χ1) is 18.0. The van der Waals surface area contributed by atoms with Crippen molar-refractivity contribution in [2.24, 2.45) is 0 Å². The number of phenolic OH excluding ortho intramolecular Hbond substituents is 2. The summed E-state index contributed by atoms with van der Waals surface area (Å²) in [5.41, 5.74) is 3.73. The van der Waals surface area contributed by atoms with Crippen molar-refractivity contribution in [2.45, 2.75) is 78.8 Å². The Balaban J connectivity index is 1.91. The van der Waals surface area contributed by atoms with Crippen molar-refractivity contribution in [1.29, 1.82) is 0 Å². The average molecular weight is 511 g/mol. The molecule has 2 aliphatic rings. The van der Waals surface area contributed by atoms with E-state index in [4.69, 9.17) is 9.47 Å². The Morgan fingerprint density at radius 3 is 1.37 bits per heavy atom. The van der Waals surface area contributed by atoms with Crippen molar-refractivity contribution >= 4 is 43.1 Å². The zero-order valence-electron chi connectivity index (χ0n) is 22.4. The van der Waals surface area contributed by atoms with Crippen molar-refractivity contribution in [2.75, 3.05) is 0 Å². The minimum atomic E-state index is -0.433. The molecule has 4 atom stereocenters. The van der Waals surface area contributed by atoms with E-state index in [9.17, 15) is 19.8 Å². The molecule has 0 amide bonds. The van der Waals surface area contributed by atoms with E-state index in [-0.39, 0.29) is 34.6 Å². The number of hydrogen-bond donors (Lipinski definition) is 2. The summed E-state index contributed by atoms with van der Waals surface area (Å²) in [4.78, 5) is 28.2. The first kappa shape index (κ1) is 23.6. The van der Waals surface area contributed by atoms with E-state index in [1.54, 1.807) is 13.8 Å². The predicted octanol–water partition coefficient (Wildman–Crippen LogP) is 5.97. The lowest BCUT2D eigenvalue weighted by Crippen LogP contribution is -2.29. The van der Waals surface area contributed by atoms with Crippen LogP contribution < -0.4 is 10.9 Å². The third kappa shape index (κ3) is 2.74. The maximum absolute atomic E-state index is 14.1. The molecule has 0 radical (unpaired) electrons. The number of phenols is 2. The Kier molecular flexibility index (Phi) is 4.69. The van der Waals surface area contributed by atoms with Gasteiger partial charge >= 0.3 is 0 Å². The van der Waals surface area contributed by atoms with Gasteiger partial charge in [-0.2, -0.15) is 0 Å². The lowest BCUT2D eigenvalue weighted by Gasteiger charge is -2.32. The third-order valence-electron chi connectivity index (χ3n) is 8.89. The van der Waals surface area contributed by atoms with Crippen LogP contribution in [0, 0.1) is 13.8 Å². The second-order valence-electron chi connectivity index (χ2n) is 11.5. The van der Waals surface area contributed by atoms with Gasteiger partial charge in [0.25, 0.3) is 0 Å². The van der Waals surface area contributed by atoms with Crippen molar-refractivity contribution < 1.29 is 19.7 Å². The normalized spacial score (nSPS) is 23.5. The number of ether oxygens (including phenoxy) is 2. The molecule has 0 saturated carbocycles. The molecule has 0 aromatic heterocycles. The molecule has 5 aromatic rings. The fourth-order valence-corrected chi connectivity index (χ4v) is 7.47. The smallest absolute Gasteiger partial charge is 0.196 e. The van der Waals surface area contributed by atoms with Crippen LogP contribution in [0.5, 0.6) is 11.5 Å². The largest absolute Gasteiger partial charge is 0.507 e. The fraction of sp³-hybridized carbons (Fsp3) is 0.375. The number of rotatable bonds is 0. The molecule has 2 heterocycles. The van der Waals surface area contributed by atoms with Crippen molar-refractivity contribution in [3.8, 4) is 11.5 Å². The average Bonchev–Trinajstić information content (AvgIpc) is 2.83. The summed E-state index contributed by atoms with van der Waals surface area (Å²) in [5, 5.41) is 28.1. The standard InChI is InChI=1S/C32H30O6/c1-11-7-17-23-19-9-13(3)38-16(6)22(19)32(36)28-26(23)18(8-12(2)30(28)34)24-20-10-14(4)37-15(5)21(20)31(35)27(25(17)24)29(11)33/h7-8,13-16,33-34H,9-10H2,1-6H3/t13-,14-,15+,16+/m0/s1. The van der Waals surface area contributed by atoms with Crippen molar-refractivity contribution in [3.63, 3.8) is 0 Å². The predicted molar refractivity (Wildman–Crippen MR) is 150 cm³/mol. The van der Waals surface area contributed by atoms with Crippen LogP contribution in [0.3, 0.4) is 0 Å². The van der Waals surface area contributed by atoms with Crippen LogP contribution in [0.1, 0.15) is 73.3 Å². The lowest BCUT2D eigenvalue weighted by atomic mass is 9.78. The Labute approximate surface area is 219 Å². The topological polar surface area (TPSA) is 93.1 Å². The Morgan fingerprint density at radius 2 is 1.00 bits per heavy atom. The van der Waals surface area contributed by atoms with Crippen LogP contribution in [0.25, 0.3) is 43.1 Å². The molecule has 6 heteroatoms. The van der Waals surface area contributed by atoms with E-state index in [1.807, 2.05) is 39.8 Å². The van der Waals surface area contributed by atoms with Gasteiger partial charge in [-0.05, 0) is 110 Å². The Hall–Kier alpha value is -3.48. The summed E-state index contributed by atoms with van der Waals surface area (Å²) in [6, 6.07) is 3.87. The van der Waals surface area contributed by atoms with Gasteiger partial charge in [0, 0.05) is 21.9 Å². The van der Waals surface area contributed by atoms with Gasteiger partial charge in [-0.15, -0.1) is 0 Å². The molecule has 0 fully saturated rings. The molecule has 6 nitrogen and oxygen atoms in total. The molecule has 38 heavy (non-hydrogen) atoms. The van der Waals surface area contributed by atoms with E-state index < -0.39 is 12.2 Å². The molecule has 0 bridgehead atoms. The van der Waals surface area contributed by atoms with Crippen LogP contribution in [-0.2, 0) is 22.3 Å². The van der Waals surface area contributed by atoms with Crippen molar-refractivity contribution in [1.82, 2.24) is 0 Å². The van der Waals surface area contributed by atoms with Gasteiger partial charge in [-0.1, -0.05) is 0 Å². The van der Waals surface area contributed by atoms with Crippen LogP contribution in [-0.4, -0.2) is 22.4 Å². The number of aryl methyl sites for hydroxylation is 2. The van der Waals surface area contributed by atoms with Gasteiger partial charge in [0.05, 0.1) is 35.2 Å². The summed E-state index contributed by atoms with van der Waals surface area (Å²) in [5.74, 6) is -0.0311. The van der Waals surface area contributed by atoms with Crippen LogP contribution in [0.15, 0.2) is 21.7 Å². The highest BCUT2D eigenvalue weighted by molar-refractivity contribution is 6.36. The molecule has 0 unspecified atom stereocenters. The Bertz CT molecular complexity index is 1830. The number of benzene rings is 5. The molecule has 5 aromatic carbocycles. The third-order valence-corrected chi connectivity index (χ3v) is 8.89. The molecular weight excluding hydrogens is 480 g/mol. The second-order valence-corrected chi connectivity index (χ2v) is 11.5. The minimum absolute atomic E-state index is 0.0156. The SMILES string of the molecule is Cc1cc2c3c4c(c(=O)c5c(O)c(C)cc(c6c7c(c(=O)c(c1O)c26)[C@@H](C)O[C@@H](C)C7)c53)[C@@H](C)O[C@@H](C)C4. The van der Waals surface area contributed by atoms with Gasteiger partial charge in [-0.25, -0.2) is 0 Å². The minimum Gasteiger partial charge on any atom is -0.507 e. The zero-order chi connectivity index (χ0) is 26.9. The maximum Gasteiger partial charge on any atom is 0.196 e. The van der Waals surface area contributed by atoms with Gasteiger partial charge in [0.2, 0.25) is 0 Å². The first-order valence-corrected chi connectivity index (χ1v) is 13.4. The highest BCUT2D eigenvalue weighted by atomic mass is 16.5. The van der Waals surface area contributed by atoms with Crippen LogP contribution in [0.4, 0.5) is 0 Å². The quantitative estimate of drug-likeness (QED) is 0.197. The van der Waals surface area contributed by atoms with E-state index in [0.29, 0.717) is 45.9 Å². The van der Waals surface area contributed by atoms with Gasteiger partial charge in [-0.3, -0.25) is 9.59 Å². The summed E-state index contributed by atoms with van der Waals surface area (Å²) in [6.07, 6.45) is 0.0291. The molecule has 2 N–H and O–H groups in total. The molecule has 0 aliphatic carbocycles. The van der Waals surface area contributed by atoms with Gasteiger partial charge in [0.15, 0.2) is 10.9 Å². The highest BCUT2D eigenvalue weighted by Crippen LogP contribution is 2.50. The number of hydrogen-bond acceptors (Lipinski definition) is 6. The molecular formula is C32H30O6. The van der Waals surface area contributed by atoms with Gasteiger partial charge in [0.1, 0.15) is 11.5 Å². The highest BCUT2D eigenvalue weighted by Gasteiger charge is 2.35. The maximum atomic E-state index is 14.1. The molecule has 194 valence electrons. The van der Waals surface area contributed by atoms with E-state index in [2.05, 4.69) is 0 Å². The number of aromatic hydroxyl groups is 2. The van der Waals surface area contributed by atoms with E-state index >= 15 is 0 Å². The summed E-state index contributed by atoms with van der Waals surface area (Å²) < 4.78 is 12.2. The molecule has 7 rings (SSSR count). The molecule has 0 saturated heterocycles. The monoisotopic (exact) mass is 510 g/mol. The van der Waals surface area contributed by atoms with Crippen LogP contribution >= 0.6 is 0 Å². The van der Waals surface area contributed by atoms with Crippen LogP contribution in [0.2, 0.25) is 0 Å². The Morgan fingerprint density at radius 1 is 0.632 bits per heavy atom. The van der Waals surface area contributed by atoms with Crippen molar-refractivity contribution in [3.05, 3.63) is 66.0 Å². The van der Waals surface area contributed by atoms with E-state index in [1.165, 1.54) is 0 Å². The lowest BCUT2D eigenvalue weighted by molar-refractivity contribution is -0.00504. The first-order valence-electron chi connectivity index (χ1n) is 13.4. The summed E-state index contributed by atoms with van der Waals surface area (Å²) in [7, 11) is 0. The summed E-state index contributed by atoms with van der Waals surface area (Å²) >= 11 is 0.